The number of esters is 2. The van der Waals surface area contributed by atoms with Crippen molar-refractivity contribution >= 4 is 64.0 Å². The highest BCUT2D eigenvalue weighted by atomic mass is 35.5. The molecule has 1 unspecified atom stereocenters. The van der Waals surface area contributed by atoms with Crippen molar-refractivity contribution in [2.24, 2.45) is 5.73 Å². The number of nitrogens with two attached hydrogens (primary N) is 1. The molecule has 0 fully saturated rings. The van der Waals surface area contributed by atoms with E-state index in [1.54, 1.807) is 30.3 Å². The second-order valence-corrected chi connectivity index (χ2v) is 8.22. The summed E-state index contributed by atoms with van der Waals surface area (Å²) in [6.45, 7) is 0. The lowest BCUT2D eigenvalue weighted by Gasteiger charge is -2.36. The summed E-state index contributed by atoms with van der Waals surface area (Å²) < 4.78 is 9.91. The van der Waals surface area contributed by atoms with Crippen LogP contribution in [0, 0.1) is 11.3 Å². The van der Waals surface area contributed by atoms with Crippen molar-refractivity contribution in [3.8, 4) is 6.07 Å². The lowest BCUT2D eigenvalue weighted by atomic mass is 9.81. The monoisotopic (exact) mass is 525 g/mol. The summed E-state index contributed by atoms with van der Waals surface area (Å²) in [4.78, 5) is 27.1. The number of allylic oxidation sites excluding steroid dienone is 1. The number of ether oxygens (including phenoxy) is 2. The number of benzene rings is 2. The Bertz CT molecular complexity index is 1250. The van der Waals surface area contributed by atoms with Crippen LogP contribution >= 0.6 is 46.4 Å². The van der Waals surface area contributed by atoms with Gasteiger partial charge in [-0.2, -0.15) is 5.26 Å². The van der Waals surface area contributed by atoms with Crippen molar-refractivity contribution in [2.45, 2.75) is 5.92 Å². The van der Waals surface area contributed by atoms with E-state index in [0.717, 1.165) is 19.1 Å². The van der Waals surface area contributed by atoms with Crippen LogP contribution in [0.5, 0.6) is 0 Å². The van der Waals surface area contributed by atoms with Crippen LogP contribution in [0.1, 0.15) is 11.5 Å². The van der Waals surface area contributed by atoms with Crippen molar-refractivity contribution in [1.82, 2.24) is 0 Å². The number of nitrogens with zero attached hydrogens (tertiary/aromatic N) is 2. The minimum atomic E-state index is -1.03. The molecule has 0 amide bonds. The van der Waals surface area contributed by atoms with Gasteiger partial charge < -0.3 is 15.2 Å². The first-order valence-electron chi connectivity index (χ1n) is 9.18. The normalized spacial score (nSPS) is 15.9. The van der Waals surface area contributed by atoms with Crippen LogP contribution in [0.2, 0.25) is 20.1 Å². The molecular weight excluding hydrogens is 512 g/mol. The fourth-order valence-corrected chi connectivity index (χ4v) is 4.58. The summed E-state index contributed by atoms with van der Waals surface area (Å²) in [7, 11) is 2.27. The van der Waals surface area contributed by atoms with Gasteiger partial charge in [0.05, 0.1) is 63.1 Å². The Balaban J connectivity index is 2.50. The van der Waals surface area contributed by atoms with Gasteiger partial charge >= 0.3 is 11.9 Å². The molecule has 1 atom stereocenters. The van der Waals surface area contributed by atoms with E-state index in [1.807, 2.05) is 6.07 Å². The third-order valence-electron chi connectivity index (χ3n) is 4.92. The van der Waals surface area contributed by atoms with E-state index in [1.165, 1.54) is 6.07 Å². The van der Waals surface area contributed by atoms with Crippen LogP contribution in [0.15, 0.2) is 59.1 Å². The Labute approximate surface area is 209 Å². The second kappa shape index (κ2) is 9.94. The van der Waals surface area contributed by atoms with Crippen LogP contribution in [0.3, 0.4) is 0 Å². The quantitative estimate of drug-likeness (QED) is 0.331. The highest BCUT2D eigenvalue weighted by molar-refractivity contribution is 6.51. The number of hydrogen-bond acceptors (Lipinski definition) is 7. The van der Waals surface area contributed by atoms with E-state index < -0.39 is 17.9 Å². The molecule has 33 heavy (non-hydrogen) atoms. The van der Waals surface area contributed by atoms with Gasteiger partial charge in [-0.05, 0) is 11.6 Å². The van der Waals surface area contributed by atoms with Gasteiger partial charge in [-0.15, -0.1) is 0 Å². The Hall–Kier alpha value is -2.89. The van der Waals surface area contributed by atoms with E-state index in [9.17, 15) is 14.9 Å². The lowest BCUT2D eigenvalue weighted by Crippen LogP contribution is -2.41. The van der Waals surface area contributed by atoms with Crippen LogP contribution in [-0.4, -0.2) is 26.2 Å². The first-order chi connectivity index (χ1) is 15.7. The number of nitriles is 1. The molecule has 0 saturated carbocycles. The predicted molar refractivity (Wildman–Crippen MR) is 126 cm³/mol. The van der Waals surface area contributed by atoms with Crippen molar-refractivity contribution in [3.05, 3.63) is 84.7 Å². The maximum absolute atomic E-state index is 13.0. The number of carbonyl (C=O) groups excluding carboxylic acids is 2. The minimum absolute atomic E-state index is 0.0431. The highest BCUT2D eigenvalue weighted by Gasteiger charge is 2.44. The Morgan fingerprint density at radius 2 is 1.61 bits per heavy atom. The fraction of sp³-hybridized carbons (Fsp3) is 0.136. The van der Waals surface area contributed by atoms with E-state index >= 15 is 0 Å². The van der Waals surface area contributed by atoms with Crippen molar-refractivity contribution in [1.29, 1.82) is 5.26 Å². The van der Waals surface area contributed by atoms with Gasteiger partial charge in [0.1, 0.15) is 11.5 Å². The molecule has 11 heteroatoms. The molecule has 2 aromatic carbocycles. The van der Waals surface area contributed by atoms with Crippen molar-refractivity contribution in [2.75, 3.05) is 19.1 Å². The average Bonchev–Trinajstić information content (AvgIpc) is 2.82. The second-order valence-electron chi connectivity index (χ2n) is 6.65. The maximum Gasteiger partial charge on any atom is 0.355 e. The molecule has 1 aliphatic rings. The summed E-state index contributed by atoms with van der Waals surface area (Å²) in [5.41, 5.74) is 6.28. The zero-order chi connectivity index (χ0) is 24.4. The van der Waals surface area contributed by atoms with E-state index in [-0.39, 0.29) is 48.4 Å². The summed E-state index contributed by atoms with van der Waals surface area (Å²) in [5.74, 6) is -3.08. The number of carbonyl (C=O) groups is 2. The first-order valence-corrected chi connectivity index (χ1v) is 10.7. The van der Waals surface area contributed by atoms with Crippen LogP contribution in [0.25, 0.3) is 0 Å². The Kier molecular flexibility index (Phi) is 7.45. The minimum Gasteiger partial charge on any atom is -0.466 e. The molecule has 0 spiro atoms. The SMILES string of the molecule is COC(=O)C1=C(C(=O)OC)N(c2c(Cl)cc(Cl)c(Cl)c2Cl)C(N)=C(C#N)C1c1ccccc1. The fourth-order valence-electron chi connectivity index (χ4n) is 3.51. The summed E-state index contributed by atoms with van der Waals surface area (Å²) in [6, 6.07) is 11.9. The van der Waals surface area contributed by atoms with Gasteiger partial charge in [0.2, 0.25) is 0 Å². The summed E-state index contributed by atoms with van der Waals surface area (Å²) in [6.07, 6.45) is 0. The smallest absolute Gasteiger partial charge is 0.355 e. The lowest BCUT2D eigenvalue weighted by molar-refractivity contribution is -0.139. The molecule has 2 N–H and O–H groups in total. The molecule has 1 heterocycles. The van der Waals surface area contributed by atoms with Gasteiger partial charge in [-0.25, -0.2) is 9.59 Å². The Morgan fingerprint density at radius 3 is 2.15 bits per heavy atom. The van der Waals surface area contributed by atoms with Crippen LogP contribution < -0.4 is 10.6 Å². The predicted octanol–water partition coefficient (Wildman–Crippen LogP) is 5.20. The zero-order valence-corrected chi connectivity index (χ0v) is 20.2. The van der Waals surface area contributed by atoms with E-state index in [2.05, 4.69) is 0 Å². The van der Waals surface area contributed by atoms with Gasteiger partial charge in [-0.1, -0.05) is 76.7 Å². The average molecular weight is 527 g/mol. The zero-order valence-electron chi connectivity index (χ0n) is 17.2. The molecule has 0 aliphatic carbocycles. The number of halogens is 4. The molecular formula is C22H15Cl4N3O4. The molecule has 0 radical (unpaired) electrons. The third-order valence-corrected chi connectivity index (χ3v) is 6.46. The van der Waals surface area contributed by atoms with Crippen molar-refractivity contribution in [3.63, 3.8) is 0 Å². The summed E-state index contributed by atoms with van der Waals surface area (Å²) in [5, 5.41) is 9.81. The van der Waals surface area contributed by atoms with Gasteiger partial charge in [0, 0.05) is 0 Å². The Morgan fingerprint density at radius 1 is 1.00 bits per heavy atom. The van der Waals surface area contributed by atoms with Crippen LogP contribution in [-0.2, 0) is 19.1 Å². The van der Waals surface area contributed by atoms with Crippen LogP contribution in [0.4, 0.5) is 5.69 Å². The van der Waals surface area contributed by atoms with E-state index in [0.29, 0.717) is 5.56 Å². The number of methoxy groups -OCH3 is 2. The number of anilines is 1. The van der Waals surface area contributed by atoms with Gasteiger partial charge in [0.15, 0.2) is 0 Å². The molecule has 2 aromatic rings. The highest BCUT2D eigenvalue weighted by Crippen LogP contribution is 2.49. The largest absolute Gasteiger partial charge is 0.466 e. The maximum atomic E-state index is 13.0. The number of hydrogen-bond donors (Lipinski definition) is 1. The van der Waals surface area contributed by atoms with E-state index in [4.69, 9.17) is 61.6 Å². The molecule has 0 saturated heterocycles. The molecule has 7 nitrogen and oxygen atoms in total. The topological polar surface area (TPSA) is 106 Å². The molecule has 0 bridgehead atoms. The molecule has 1 aliphatic heterocycles. The summed E-state index contributed by atoms with van der Waals surface area (Å²) >= 11 is 25.1. The molecule has 3 rings (SSSR count). The number of rotatable bonds is 4. The molecule has 170 valence electrons. The standard InChI is InChI=1S/C22H15Cl4N3O4/c1-32-21(30)15-14(10-6-4-3-5-7-10)11(9-27)20(28)29(19(15)22(31)33-2)18-13(24)8-12(23)16(25)17(18)26/h3-8,14H,28H2,1-2H3. The molecule has 0 aromatic heterocycles. The van der Waals surface area contributed by atoms with Gasteiger partial charge in [-0.3, -0.25) is 4.90 Å². The first kappa shape index (κ1) is 24.7. The third kappa shape index (κ3) is 4.23. The van der Waals surface area contributed by atoms with Crippen molar-refractivity contribution < 1.29 is 19.1 Å². The van der Waals surface area contributed by atoms with Gasteiger partial charge in [0.25, 0.3) is 0 Å².